The van der Waals surface area contributed by atoms with Crippen molar-refractivity contribution in [3.63, 3.8) is 0 Å². The molecule has 0 aromatic carbocycles. The normalized spacial score (nSPS) is 10.9. The first-order valence-electron chi connectivity index (χ1n) is 6.31. The Hall–Kier alpha value is -2.77. The topological polar surface area (TPSA) is 102 Å². The van der Waals surface area contributed by atoms with Crippen molar-refractivity contribution in [2.45, 2.75) is 26.8 Å². The van der Waals surface area contributed by atoms with E-state index in [1.165, 1.54) is 10.9 Å². The van der Waals surface area contributed by atoms with Crippen molar-refractivity contribution in [2.24, 2.45) is 4.99 Å². The van der Waals surface area contributed by atoms with Gasteiger partial charge in [0.15, 0.2) is 11.6 Å². The molecule has 0 fully saturated rings. The second kappa shape index (κ2) is 5.31. The highest BCUT2D eigenvalue weighted by atomic mass is 16.6. The first-order valence-corrected chi connectivity index (χ1v) is 6.31. The minimum atomic E-state index is -0.481. The first-order chi connectivity index (χ1) is 9.85. The van der Waals surface area contributed by atoms with Crippen molar-refractivity contribution in [3.8, 4) is 11.5 Å². The standard InChI is InChI=1S/C13H16N6O2/c1-7(2)10-12(14-5)16-13(15-10)11-9(19(20)21)6-18(17-11)8(3)4/h6,8H,1,5H2,2-4H3,(H,15,16). The summed E-state index contributed by atoms with van der Waals surface area (Å²) in [6.45, 7) is 12.8. The molecule has 2 aromatic rings. The summed E-state index contributed by atoms with van der Waals surface area (Å²) in [5.41, 5.74) is 1.36. The molecule has 0 aliphatic rings. The number of hydrogen-bond donors (Lipinski definition) is 1. The molecule has 8 heteroatoms. The van der Waals surface area contributed by atoms with Gasteiger partial charge in [-0.1, -0.05) is 6.58 Å². The van der Waals surface area contributed by atoms with Crippen molar-refractivity contribution in [1.82, 2.24) is 19.7 Å². The number of nitro groups is 1. The predicted octanol–water partition coefficient (Wildman–Crippen LogP) is 3.13. The Labute approximate surface area is 121 Å². The van der Waals surface area contributed by atoms with Crippen LogP contribution in [0.5, 0.6) is 0 Å². The molecule has 8 nitrogen and oxygen atoms in total. The highest BCUT2D eigenvalue weighted by molar-refractivity contribution is 5.73. The van der Waals surface area contributed by atoms with E-state index in [0.29, 0.717) is 17.1 Å². The maximum Gasteiger partial charge on any atom is 0.318 e. The third-order valence-electron chi connectivity index (χ3n) is 2.92. The lowest BCUT2D eigenvalue weighted by Crippen LogP contribution is -2.00. The van der Waals surface area contributed by atoms with E-state index in [1.54, 1.807) is 6.92 Å². The fourth-order valence-electron chi connectivity index (χ4n) is 1.84. The second-order valence-electron chi connectivity index (χ2n) is 4.92. The molecule has 0 saturated carbocycles. The molecule has 1 N–H and O–H groups in total. The van der Waals surface area contributed by atoms with Crippen LogP contribution in [-0.2, 0) is 0 Å². The molecule has 0 unspecified atom stereocenters. The van der Waals surface area contributed by atoms with Crippen LogP contribution >= 0.6 is 0 Å². The average molecular weight is 288 g/mol. The monoisotopic (exact) mass is 288 g/mol. The molecule has 21 heavy (non-hydrogen) atoms. The van der Waals surface area contributed by atoms with Crippen LogP contribution in [-0.4, -0.2) is 31.4 Å². The van der Waals surface area contributed by atoms with Crippen molar-refractivity contribution >= 4 is 23.8 Å². The summed E-state index contributed by atoms with van der Waals surface area (Å²) in [5, 5.41) is 15.4. The lowest BCUT2D eigenvalue weighted by molar-refractivity contribution is -0.384. The van der Waals surface area contributed by atoms with E-state index in [0.717, 1.165) is 0 Å². The molecule has 0 aliphatic carbocycles. The molecule has 0 bridgehead atoms. The van der Waals surface area contributed by atoms with Crippen molar-refractivity contribution in [2.75, 3.05) is 0 Å². The number of nitrogens with one attached hydrogen (secondary N) is 1. The van der Waals surface area contributed by atoms with Gasteiger partial charge in [0.05, 0.1) is 10.6 Å². The van der Waals surface area contributed by atoms with Gasteiger partial charge in [0.1, 0.15) is 6.20 Å². The van der Waals surface area contributed by atoms with Gasteiger partial charge in [0.2, 0.25) is 5.69 Å². The fraction of sp³-hybridized carbons (Fsp3) is 0.308. The van der Waals surface area contributed by atoms with E-state index in [2.05, 4.69) is 33.4 Å². The first kappa shape index (κ1) is 14.6. The van der Waals surface area contributed by atoms with Crippen LogP contribution in [0.15, 0.2) is 17.8 Å². The highest BCUT2D eigenvalue weighted by Gasteiger charge is 2.25. The molecule has 0 spiro atoms. The molecule has 2 rings (SSSR count). The van der Waals surface area contributed by atoms with E-state index in [4.69, 9.17) is 0 Å². The summed E-state index contributed by atoms with van der Waals surface area (Å²) in [5.74, 6) is 0.632. The number of nitrogens with zero attached hydrogens (tertiary/aromatic N) is 5. The van der Waals surface area contributed by atoms with Gasteiger partial charge >= 0.3 is 5.69 Å². The lowest BCUT2D eigenvalue weighted by atomic mass is 10.2. The summed E-state index contributed by atoms with van der Waals surface area (Å²) < 4.78 is 1.53. The summed E-state index contributed by atoms with van der Waals surface area (Å²) in [6.07, 6.45) is 1.39. The van der Waals surface area contributed by atoms with Crippen molar-refractivity contribution < 1.29 is 4.92 Å². The number of aromatic amines is 1. The molecule has 0 saturated heterocycles. The predicted molar refractivity (Wildman–Crippen MR) is 80.8 cm³/mol. The fourth-order valence-corrected chi connectivity index (χ4v) is 1.84. The van der Waals surface area contributed by atoms with Crippen LogP contribution in [0.3, 0.4) is 0 Å². The molecular weight excluding hydrogens is 272 g/mol. The van der Waals surface area contributed by atoms with E-state index in [9.17, 15) is 10.1 Å². The molecule has 0 aliphatic heterocycles. The SMILES string of the molecule is C=Nc1nc(-c2nn(C(C)C)cc2[N+](=O)[O-])[nH]c1C(=C)C. The quantitative estimate of drug-likeness (QED) is 0.518. The van der Waals surface area contributed by atoms with Gasteiger partial charge in [-0.15, -0.1) is 0 Å². The van der Waals surface area contributed by atoms with Crippen molar-refractivity contribution in [1.29, 1.82) is 0 Å². The third-order valence-corrected chi connectivity index (χ3v) is 2.92. The van der Waals surface area contributed by atoms with Crippen LogP contribution in [0.4, 0.5) is 11.5 Å². The Morgan fingerprint density at radius 2 is 2.24 bits per heavy atom. The summed E-state index contributed by atoms with van der Waals surface area (Å²) in [6, 6.07) is 0.00465. The molecule has 0 amide bonds. The molecule has 2 aromatic heterocycles. The molecular formula is C13H16N6O2. The third kappa shape index (κ3) is 2.60. The molecule has 2 heterocycles. The van der Waals surface area contributed by atoms with Crippen LogP contribution in [0.2, 0.25) is 0 Å². The summed E-state index contributed by atoms with van der Waals surface area (Å²) in [7, 11) is 0. The van der Waals surface area contributed by atoms with E-state index in [-0.39, 0.29) is 23.2 Å². The number of aromatic nitrogens is 4. The van der Waals surface area contributed by atoms with Crippen LogP contribution in [0.1, 0.15) is 32.5 Å². The largest absolute Gasteiger partial charge is 0.335 e. The summed E-state index contributed by atoms with van der Waals surface area (Å²) >= 11 is 0. The van der Waals surface area contributed by atoms with E-state index in [1.807, 2.05) is 13.8 Å². The van der Waals surface area contributed by atoms with Gasteiger partial charge in [-0.05, 0) is 33.1 Å². The van der Waals surface area contributed by atoms with Crippen molar-refractivity contribution in [3.05, 3.63) is 28.6 Å². The zero-order valence-electron chi connectivity index (χ0n) is 12.1. The van der Waals surface area contributed by atoms with Gasteiger partial charge in [-0.25, -0.2) is 9.98 Å². The molecule has 110 valence electrons. The second-order valence-corrected chi connectivity index (χ2v) is 4.92. The number of rotatable bonds is 5. The Balaban J connectivity index is 2.63. The van der Waals surface area contributed by atoms with Gasteiger partial charge in [-0.3, -0.25) is 14.8 Å². The van der Waals surface area contributed by atoms with Gasteiger partial charge in [-0.2, -0.15) is 5.10 Å². The van der Waals surface area contributed by atoms with Crippen LogP contribution in [0.25, 0.3) is 17.1 Å². The Kier molecular flexibility index (Phi) is 3.70. The number of aliphatic imine (C=N–C) groups is 1. The number of allylic oxidation sites excluding steroid dienone is 1. The summed E-state index contributed by atoms with van der Waals surface area (Å²) in [4.78, 5) is 21.7. The highest BCUT2D eigenvalue weighted by Crippen LogP contribution is 2.32. The van der Waals surface area contributed by atoms with Gasteiger partial charge < -0.3 is 4.98 Å². The number of imidazole rings is 1. The number of H-pyrrole nitrogens is 1. The maximum atomic E-state index is 11.2. The smallest absolute Gasteiger partial charge is 0.318 e. The average Bonchev–Trinajstić information content (AvgIpc) is 3.02. The van der Waals surface area contributed by atoms with E-state index >= 15 is 0 Å². The Bertz CT molecular complexity index is 725. The minimum Gasteiger partial charge on any atom is -0.335 e. The van der Waals surface area contributed by atoms with Crippen LogP contribution in [0, 0.1) is 10.1 Å². The van der Waals surface area contributed by atoms with Gasteiger partial charge in [0.25, 0.3) is 0 Å². The zero-order valence-corrected chi connectivity index (χ0v) is 12.1. The van der Waals surface area contributed by atoms with E-state index < -0.39 is 4.92 Å². The molecule has 0 atom stereocenters. The lowest BCUT2D eigenvalue weighted by Gasteiger charge is -2.01. The Morgan fingerprint density at radius 3 is 2.67 bits per heavy atom. The molecule has 0 radical (unpaired) electrons. The minimum absolute atomic E-state index is 0.00465. The van der Waals surface area contributed by atoms with Gasteiger partial charge in [0, 0.05) is 6.04 Å². The van der Waals surface area contributed by atoms with Crippen LogP contribution < -0.4 is 0 Å². The maximum absolute atomic E-state index is 11.2. The Morgan fingerprint density at radius 1 is 1.57 bits per heavy atom. The zero-order chi connectivity index (χ0) is 15.7. The number of hydrogen-bond acceptors (Lipinski definition) is 5.